The van der Waals surface area contributed by atoms with E-state index in [1.807, 2.05) is 13.8 Å². The number of ether oxygens (including phenoxy) is 1. The van der Waals surface area contributed by atoms with Crippen LogP contribution in [0.3, 0.4) is 0 Å². The molecule has 0 saturated heterocycles. The first kappa shape index (κ1) is 17.3. The molecule has 1 aromatic rings. The minimum absolute atomic E-state index is 0.117. The summed E-state index contributed by atoms with van der Waals surface area (Å²) < 4.78 is 28.6. The molecule has 114 valence electrons. The van der Waals surface area contributed by atoms with Crippen LogP contribution in [0.4, 0.5) is 0 Å². The lowest BCUT2D eigenvalue weighted by molar-refractivity contribution is 0.240. The van der Waals surface area contributed by atoms with E-state index in [9.17, 15) is 8.42 Å². The summed E-state index contributed by atoms with van der Waals surface area (Å²) >= 11 is 0. The molecule has 1 aromatic carbocycles. The quantitative estimate of drug-likeness (QED) is 0.748. The summed E-state index contributed by atoms with van der Waals surface area (Å²) in [5.41, 5.74) is 1.07. The second-order valence-electron chi connectivity index (χ2n) is 6.45. The van der Waals surface area contributed by atoms with Gasteiger partial charge >= 0.3 is 0 Å². The zero-order chi connectivity index (χ0) is 15.6. The molecule has 0 amide bonds. The predicted molar refractivity (Wildman–Crippen MR) is 83.1 cm³/mol. The van der Waals surface area contributed by atoms with Gasteiger partial charge in [-0.1, -0.05) is 34.6 Å². The monoisotopic (exact) mass is 318 g/mol. The second kappa shape index (κ2) is 6.35. The molecule has 0 bridgehead atoms. The Labute approximate surface area is 126 Å². The van der Waals surface area contributed by atoms with Crippen LogP contribution < -0.4 is 4.74 Å². The Morgan fingerprint density at radius 1 is 1.25 bits per heavy atom. The SMILES string of the molecule is CC(C)c1cc(S(=O)(=O)Cl)ccc1OCCC(C)(C)C. The van der Waals surface area contributed by atoms with Crippen LogP contribution in [0.25, 0.3) is 0 Å². The van der Waals surface area contributed by atoms with Crippen molar-refractivity contribution >= 4 is 19.7 Å². The Morgan fingerprint density at radius 2 is 1.85 bits per heavy atom. The summed E-state index contributed by atoms with van der Waals surface area (Å²) in [6.45, 7) is 11.1. The molecule has 0 radical (unpaired) electrons. The van der Waals surface area contributed by atoms with Gasteiger partial charge in [0.2, 0.25) is 0 Å². The fourth-order valence-electron chi connectivity index (χ4n) is 1.73. The largest absolute Gasteiger partial charge is 0.493 e. The third kappa shape index (κ3) is 5.33. The first-order valence-corrected chi connectivity index (χ1v) is 9.03. The number of benzene rings is 1. The Morgan fingerprint density at radius 3 is 2.30 bits per heavy atom. The summed E-state index contributed by atoms with van der Waals surface area (Å²) in [6, 6.07) is 4.77. The highest BCUT2D eigenvalue weighted by molar-refractivity contribution is 8.13. The highest BCUT2D eigenvalue weighted by atomic mass is 35.7. The van der Waals surface area contributed by atoms with Gasteiger partial charge < -0.3 is 4.74 Å². The molecule has 3 nitrogen and oxygen atoms in total. The summed E-state index contributed by atoms with van der Waals surface area (Å²) in [5, 5.41) is 0. The molecule has 1 rings (SSSR count). The van der Waals surface area contributed by atoms with Gasteiger partial charge in [-0.05, 0) is 41.5 Å². The molecular weight excluding hydrogens is 296 g/mol. The normalized spacial score (nSPS) is 12.8. The van der Waals surface area contributed by atoms with E-state index in [1.54, 1.807) is 12.1 Å². The first-order chi connectivity index (χ1) is 9.00. The number of hydrogen-bond donors (Lipinski definition) is 0. The van der Waals surface area contributed by atoms with Crippen LogP contribution in [0.1, 0.15) is 52.5 Å². The molecule has 0 aromatic heterocycles. The van der Waals surface area contributed by atoms with E-state index in [0.717, 1.165) is 17.7 Å². The average molecular weight is 319 g/mol. The van der Waals surface area contributed by atoms with Crippen molar-refractivity contribution in [2.45, 2.75) is 51.9 Å². The standard InChI is InChI=1S/C15H23ClO3S/c1-11(2)13-10-12(20(16,17)18)6-7-14(13)19-9-8-15(3,4)5/h6-7,10-11H,8-9H2,1-5H3. The van der Waals surface area contributed by atoms with Crippen LogP contribution in [-0.2, 0) is 9.05 Å². The fourth-order valence-corrected chi connectivity index (χ4v) is 2.51. The summed E-state index contributed by atoms with van der Waals surface area (Å²) in [5.74, 6) is 0.895. The lowest BCUT2D eigenvalue weighted by Gasteiger charge is -2.20. The van der Waals surface area contributed by atoms with Crippen molar-refractivity contribution in [3.63, 3.8) is 0 Å². The maximum atomic E-state index is 11.4. The van der Waals surface area contributed by atoms with Gasteiger partial charge in [0.1, 0.15) is 5.75 Å². The van der Waals surface area contributed by atoms with Crippen molar-refractivity contribution in [1.82, 2.24) is 0 Å². The van der Waals surface area contributed by atoms with E-state index >= 15 is 0 Å². The third-order valence-corrected chi connectivity index (χ3v) is 4.35. The third-order valence-electron chi connectivity index (χ3n) is 2.99. The average Bonchev–Trinajstić information content (AvgIpc) is 2.25. The van der Waals surface area contributed by atoms with Crippen molar-refractivity contribution in [3.8, 4) is 5.75 Å². The lowest BCUT2D eigenvalue weighted by Crippen LogP contribution is -2.12. The van der Waals surface area contributed by atoms with Crippen LogP contribution in [0.15, 0.2) is 23.1 Å². The molecule has 20 heavy (non-hydrogen) atoms. The highest BCUT2D eigenvalue weighted by Crippen LogP contribution is 2.31. The fraction of sp³-hybridized carbons (Fsp3) is 0.600. The molecule has 0 unspecified atom stereocenters. The summed E-state index contributed by atoms with van der Waals surface area (Å²) in [6.07, 6.45) is 0.931. The molecule has 0 aliphatic rings. The van der Waals surface area contributed by atoms with Gasteiger partial charge in [-0.25, -0.2) is 8.42 Å². The van der Waals surface area contributed by atoms with E-state index in [0.29, 0.717) is 6.61 Å². The Bertz CT molecular complexity index is 557. The van der Waals surface area contributed by atoms with Gasteiger partial charge in [0.15, 0.2) is 0 Å². The van der Waals surface area contributed by atoms with E-state index in [4.69, 9.17) is 15.4 Å². The Hall–Kier alpha value is -0.740. The zero-order valence-corrected chi connectivity index (χ0v) is 14.3. The lowest BCUT2D eigenvalue weighted by atomic mass is 9.93. The molecule has 0 aliphatic carbocycles. The molecule has 0 spiro atoms. The maximum absolute atomic E-state index is 11.4. The van der Waals surface area contributed by atoms with E-state index < -0.39 is 9.05 Å². The van der Waals surface area contributed by atoms with E-state index in [2.05, 4.69) is 20.8 Å². The van der Waals surface area contributed by atoms with Crippen molar-refractivity contribution in [2.24, 2.45) is 5.41 Å². The van der Waals surface area contributed by atoms with Crippen molar-refractivity contribution < 1.29 is 13.2 Å². The molecule has 0 N–H and O–H groups in total. The number of halogens is 1. The Balaban J connectivity index is 2.97. The van der Waals surface area contributed by atoms with Gasteiger partial charge in [-0.15, -0.1) is 0 Å². The maximum Gasteiger partial charge on any atom is 0.261 e. The van der Waals surface area contributed by atoms with Crippen LogP contribution in [0.5, 0.6) is 5.75 Å². The second-order valence-corrected chi connectivity index (χ2v) is 9.02. The number of hydrogen-bond acceptors (Lipinski definition) is 3. The predicted octanol–water partition coefficient (Wildman–Crippen LogP) is 4.55. The topological polar surface area (TPSA) is 43.4 Å². The van der Waals surface area contributed by atoms with Crippen molar-refractivity contribution in [3.05, 3.63) is 23.8 Å². The van der Waals surface area contributed by atoms with Crippen LogP contribution >= 0.6 is 10.7 Å². The first-order valence-electron chi connectivity index (χ1n) is 6.72. The van der Waals surface area contributed by atoms with Gasteiger partial charge in [-0.3, -0.25) is 0 Å². The van der Waals surface area contributed by atoms with Gasteiger partial charge in [0.25, 0.3) is 9.05 Å². The minimum atomic E-state index is -3.70. The molecular formula is C15H23ClO3S. The number of rotatable bonds is 5. The molecule has 0 fully saturated rings. The minimum Gasteiger partial charge on any atom is -0.493 e. The molecule has 5 heteroatoms. The summed E-state index contributed by atoms with van der Waals surface area (Å²) in [4.78, 5) is 0.117. The van der Waals surface area contributed by atoms with Crippen LogP contribution in [0, 0.1) is 5.41 Å². The molecule has 0 saturated carbocycles. The smallest absolute Gasteiger partial charge is 0.261 e. The summed E-state index contributed by atoms with van der Waals surface area (Å²) in [7, 11) is 1.68. The molecule has 0 heterocycles. The van der Waals surface area contributed by atoms with Gasteiger partial charge in [0.05, 0.1) is 11.5 Å². The zero-order valence-electron chi connectivity index (χ0n) is 12.7. The molecule has 0 aliphatic heterocycles. The van der Waals surface area contributed by atoms with Gasteiger partial charge in [0, 0.05) is 10.7 Å². The van der Waals surface area contributed by atoms with Crippen molar-refractivity contribution in [2.75, 3.05) is 6.61 Å². The highest BCUT2D eigenvalue weighted by Gasteiger charge is 2.16. The van der Waals surface area contributed by atoms with Crippen LogP contribution in [-0.4, -0.2) is 15.0 Å². The van der Waals surface area contributed by atoms with Gasteiger partial charge in [-0.2, -0.15) is 0 Å². The van der Waals surface area contributed by atoms with Crippen molar-refractivity contribution in [1.29, 1.82) is 0 Å². The Kier molecular flexibility index (Phi) is 5.50. The molecule has 0 atom stereocenters. The van der Waals surface area contributed by atoms with Crippen LogP contribution in [0.2, 0.25) is 0 Å². The van der Waals surface area contributed by atoms with E-state index in [-0.39, 0.29) is 16.2 Å². The van der Waals surface area contributed by atoms with E-state index in [1.165, 1.54) is 6.07 Å².